The Labute approximate surface area is 158 Å². The van der Waals surface area contributed by atoms with Gasteiger partial charge in [0.2, 0.25) is 0 Å². The number of nitrogens with zero attached hydrogens (tertiary/aromatic N) is 2. The number of rotatable bonds is 5. The van der Waals surface area contributed by atoms with Crippen molar-refractivity contribution in [3.05, 3.63) is 76.8 Å². The summed E-state index contributed by atoms with van der Waals surface area (Å²) in [7, 11) is 1.76. The zero-order valence-corrected chi connectivity index (χ0v) is 16.3. The molecule has 134 valence electrons. The fourth-order valence-electron chi connectivity index (χ4n) is 2.74. The van der Waals surface area contributed by atoms with Gasteiger partial charge < -0.3 is 9.32 Å². The minimum atomic E-state index is -0.151. The van der Waals surface area contributed by atoms with Crippen LogP contribution in [0.25, 0.3) is 0 Å². The van der Waals surface area contributed by atoms with E-state index in [1.165, 1.54) is 11.1 Å². The zero-order chi connectivity index (χ0) is 18.7. The molecule has 2 heterocycles. The van der Waals surface area contributed by atoms with Crippen molar-refractivity contribution in [1.82, 2.24) is 9.88 Å². The van der Waals surface area contributed by atoms with Crippen molar-refractivity contribution >= 4 is 17.7 Å². The predicted molar refractivity (Wildman–Crippen MR) is 104 cm³/mol. The van der Waals surface area contributed by atoms with Crippen LogP contribution in [0.2, 0.25) is 0 Å². The molecule has 1 aromatic carbocycles. The van der Waals surface area contributed by atoms with Crippen LogP contribution in [-0.4, -0.2) is 22.8 Å². The molecule has 0 aliphatic carbocycles. The molecule has 5 heteroatoms. The molecule has 0 spiro atoms. The quantitative estimate of drug-likeness (QED) is 0.636. The van der Waals surface area contributed by atoms with Crippen LogP contribution in [0.4, 0.5) is 0 Å². The minimum absolute atomic E-state index is 0.151. The topological polar surface area (TPSA) is 46.3 Å². The number of amides is 1. The molecule has 0 N–H and O–H groups in total. The van der Waals surface area contributed by atoms with Gasteiger partial charge in [0.05, 0.1) is 12.2 Å². The summed E-state index contributed by atoms with van der Waals surface area (Å²) in [6, 6.07) is 15.6. The van der Waals surface area contributed by atoms with Crippen LogP contribution in [-0.2, 0) is 6.54 Å². The molecular weight excluding hydrogens is 344 g/mol. The highest BCUT2D eigenvalue weighted by molar-refractivity contribution is 7.99. The van der Waals surface area contributed by atoms with Gasteiger partial charge in [0.1, 0.15) is 0 Å². The first-order valence-electron chi connectivity index (χ1n) is 8.46. The van der Waals surface area contributed by atoms with Crippen molar-refractivity contribution in [2.75, 3.05) is 7.05 Å². The summed E-state index contributed by atoms with van der Waals surface area (Å²) in [6.07, 6.45) is 0. The fourth-order valence-corrected chi connectivity index (χ4v) is 3.67. The third-order valence-electron chi connectivity index (χ3n) is 4.10. The third-order valence-corrected chi connectivity index (χ3v) is 5.36. The van der Waals surface area contributed by atoms with Gasteiger partial charge in [-0.3, -0.25) is 9.78 Å². The van der Waals surface area contributed by atoms with Gasteiger partial charge in [-0.2, -0.15) is 0 Å². The van der Waals surface area contributed by atoms with Gasteiger partial charge in [0.25, 0.3) is 5.91 Å². The molecule has 4 nitrogen and oxygen atoms in total. The van der Waals surface area contributed by atoms with Crippen LogP contribution in [0.1, 0.15) is 33.1 Å². The van der Waals surface area contributed by atoms with Gasteiger partial charge in [-0.25, -0.2) is 0 Å². The third kappa shape index (κ3) is 4.17. The van der Waals surface area contributed by atoms with Crippen molar-refractivity contribution in [3.8, 4) is 0 Å². The first-order chi connectivity index (χ1) is 12.4. The van der Waals surface area contributed by atoms with Crippen LogP contribution in [0.15, 0.2) is 62.9 Å². The standard InChI is InChI=1S/C21H22N2O2S/c1-14-7-5-8-15(2)20(14)26-19-12-11-18(25-19)21(24)23(4)13-17-10-6-9-16(3)22-17/h5-12H,13H2,1-4H3. The largest absolute Gasteiger partial charge is 0.444 e. The maximum atomic E-state index is 12.6. The Morgan fingerprint density at radius 3 is 2.42 bits per heavy atom. The van der Waals surface area contributed by atoms with Crippen molar-refractivity contribution in [2.24, 2.45) is 0 Å². The van der Waals surface area contributed by atoms with Crippen LogP contribution in [0, 0.1) is 20.8 Å². The molecule has 0 aliphatic heterocycles. The molecule has 26 heavy (non-hydrogen) atoms. The van der Waals surface area contributed by atoms with Crippen LogP contribution in [0.3, 0.4) is 0 Å². The number of furan rings is 1. The lowest BCUT2D eigenvalue weighted by Crippen LogP contribution is -2.26. The molecular formula is C21H22N2O2S. The Morgan fingerprint density at radius 1 is 1.04 bits per heavy atom. The summed E-state index contributed by atoms with van der Waals surface area (Å²) in [4.78, 5) is 19.9. The van der Waals surface area contributed by atoms with Gasteiger partial charge in [-0.15, -0.1) is 0 Å². The molecule has 0 bridgehead atoms. The number of aromatic nitrogens is 1. The van der Waals surface area contributed by atoms with E-state index in [4.69, 9.17) is 4.42 Å². The summed E-state index contributed by atoms with van der Waals surface area (Å²) in [5.41, 5.74) is 4.19. The molecule has 3 aromatic rings. The second kappa shape index (κ2) is 7.79. The van der Waals surface area contributed by atoms with E-state index < -0.39 is 0 Å². The highest BCUT2D eigenvalue weighted by Crippen LogP contribution is 2.34. The van der Waals surface area contributed by atoms with E-state index in [2.05, 4.69) is 31.0 Å². The van der Waals surface area contributed by atoms with E-state index in [0.29, 0.717) is 17.4 Å². The van der Waals surface area contributed by atoms with Crippen LogP contribution < -0.4 is 0 Å². The molecule has 0 radical (unpaired) electrons. The van der Waals surface area contributed by atoms with Crippen molar-refractivity contribution in [2.45, 2.75) is 37.3 Å². The number of hydrogen-bond donors (Lipinski definition) is 0. The van der Waals surface area contributed by atoms with E-state index >= 15 is 0 Å². The van der Waals surface area contributed by atoms with Crippen molar-refractivity contribution in [3.63, 3.8) is 0 Å². The van der Waals surface area contributed by atoms with E-state index in [1.54, 1.807) is 29.8 Å². The summed E-state index contributed by atoms with van der Waals surface area (Å²) >= 11 is 1.55. The Hall–Kier alpha value is -2.53. The molecule has 0 saturated carbocycles. The zero-order valence-electron chi connectivity index (χ0n) is 15.4. The number of carbonyl (C=O) groups is 1. The molecule has 1 amide bonds. The number of pyridine rings is 1. The summed E-state index contributed by atoms with van der Waals surface area (Å²) < 4.78 is 5.79. The summed E-state index contributed by atoms with van der Waals surface area (Å²) in [5.74, 6) is 0.190. The lowest BCUT2D eigenvalue weighted by Gasteiger charge is -2.15. The number of hydrogen-bond acceptors (Lipinski definition) is 4. The maximum Gasteiger partial charge on any atom is 0.289 e. The van der Waals surface area contributed by atoms with Gasteiger partial charge in [-0.05, 0) is 56.2 Å². The van der Waals surface area contributed by atoms with E-state index in [-0.39, 0.29) is 5.91 Å². The van der Waals surface area contributed by atoms with Crippen molar-refractivity contribution < 1.29 is 9.21 Å². The number of aryl methyl sites for hydroxylation is 3. The second-order valence-corrected chi connectivity index (χ2v) is 7.39. The first-order valence-corrected chi connectivity index (χ1v) is 9.27. The summed E-state index contributed by atoms with van der Waals surface area (Å²) in [6.45, 7) is 6.54. The Kier molecular flexibility index (Phi) is 5.47. The highest BCUT2D eigenvalue weighted by Gasteiger charge is 2.18. The Balaban J connectivity index is 1.71. The van der Waals surface area contributed by atoms with Gasteiger partial charge >= 0.3 is 0 Å². The summed E-state index contributed by atoms with van der Waals surface area (Å²) in [5, 5.41) is 0.716. The Morgan fingerprint density at radius 2 is 1.73 bits per heavy atom. The lowest BCUT2D eigenvalue weighted by atomic mass is 10.2. The number of carbonyl (C=O) groups excluding carboxylic acids is 1. The normalized spacial score (nSPS) is 10.8. The molecule has 0 fully saturated rings. The van der Waals surface area contributed by atoms with Crippen LogP contribution in [0.5, 0.6) is 0 Å². The minimum Gasteiger partial charge on any atom is -0.444 e. The SMILES string of the molecule is Cc1cccc(CN(C)C(=O)c2ccc(Sc3c(C)cccc3C)o2)n1. The predicted octanol–water partition coefficient (Wildman–Crippen LogP) is 5.02. The average molecular weight is 366 g/mol. The smallest absolute Gasteiger partial charge is 0.289 e. The lowest BCUT2D eigenvalue weighted by molar-refractivity contribution is 0.0746. The van der Waals surface area contributed by atoms with E-state index in [1.807, 2.05) is 37.3 Å². The molecule has 0 saturated heterocycles. The van der Waals surface area contributed by atoms with Gasteiger partial charge in [0, 0.05) is 17.6 Å². The van der Waals surface area contributed by atoms with E-state index in [9.17, 15) is 4.79 Å². The first kappa shape index (κ1) is 18.3. The molecule has 3 rings (SSSR count). The monoisotopic (exact) mass is 366 g/mol. The van der Waals surface area contributed by atoms with Gasteiger partial charge in [-0.1, -0.05) is 36.0 Å². The molecule has 0 aliphatic rings. The molecule has 2 aromatic heterocycles. The maximum absolute atomic E-state index is 12.6. The average Bonchev–Trinajstić information content (AvgIpc) is 3.06. The Bertz CT molecular complexity index is 913. The van der Waals surface area contributed by atoms with E-state index in [0.717, 1.165) is 16.3 Å². The van der Waals surface area contributed by atoms with Crippen LogP contribution >= 0.6 is 11.8 Å². The highest BCUT2D eigenvalue weighted by atomic mass is 32.2. The molecule has 0 atom stereocenters. The number of benzene rings is 1. The van der Waals surface area contributed by atoms with Crippen molar-refractivity contribution in [1.29, 1.82) is 0 Å². The fraction of sp³-hybridized carbons (Fsp3) is 0.238. The van der Waals surface area contributed by atoms with Gasteiger partial charge in [0.15, 0.2) is 10.9 Å². The second-order valence-electron chi connectivity index (χ2n) is 6.37. The molecule has 0 unspecified atom stereocenters.